The summed E-state index contributed by atoms with van der Waals surface area (Å²) in [4.78, 5) is 42.5. The molecular weight excluding hydrogens is 630 g/mol. The number of pyridine rings is 2. The van der Waals surface area contributed by atoms with Crippen molar-refractivity contribution < 1.29 is 23.8 Å². The average molecular weight is 674 g/mol. The van der Waals surface area contributed by atoms with Crippen LogP contribution in [0.15, 0.2) is 42.6 Å². The van der Waals surface area contributed by atoms with E-state index in [1.165, 1.54) is 29.2 Å². The molecular formula is C37H44FN5O4S. The number of amides is 1. The molecule has 0 saturated carbocycles. The summed E-state index contributed by atoms with van der Waals surface area (Å²) in [6, 6.07) is 10.6. The second kappa shape index (κ2) is 14.3. The Balaban J connectivity index is 1.19. The van der Waals surface area contributed by atoms with E-state index in [1.807, 2.05) is 31.2 Å². The highest BCUT2D eigenvalue weighted by Gasteiger charge is 2.31. The molecule has 2 N–H and O–H groups in total. The minimum atomic E-state index is -0.784. The molecule has 4 aromatic rings. The smallest absolute Gasteiger partial charge is 0.309 e. The normalized spacial score (nSPS) is 18.0. The SMILES string of the molecule is CCOC(=O)C1CCN(CCC(NC(=O)c2nc3cc4c(nc3s2)CC[C@H](C(C)(C)C)C4)c2ccc(-c3cnc(O)c(F)c3)cc2)CC1. The number of benzene rings is 1. The number of aromatic hydroxyl groups is 1. The fourth-order valence-electron chi connectivity index (χ4n) is 6.85. The zero-order valence-corrected chi connectivity index (χ0v) is 28.9. The minimum Gasteiger partial charge on any atom is -0.491 e. The molecule has 0 bridgehead atoms. The van der Waals surface area contributed by atoms with E-state index in [9.17, 15) is 19.1 Å². The monoisotopic (exact) mass is 673 g/mol. The molecule has 6 rings (SSSR count). The number of halogens is 1. The first kappa shape index (κ1) is 33.9. The number of rotatable bonds is 9. The molecule has 1 amide bonds. The molecule has 11 heteroatoms. The van der Waals surface area contributed by atoms with Crippen LogP contribution in [0.4, 0.5) is 4.39 Å². The van der Waals surface area contributed by atoms with Gasteiger partial charge in [0.1, 0.15) is 10.3 Å². The molecule has 0 spiro atoms. The number of aryl methyl sites for hydroxylation is 1. The molecule has 2 aliphatic rings. The summed E-state index contributed by atoms with van der Waals surface area (Å²) in [6.45, 7) is 11.4. The Morgan fingerprint density at radius 2 is 1.85 bits per heavy atom. The lowest BCUT2D eigenvalue weighted by Gasteiger charge is -2.34. The van der Waals surface area contributed by atoms with Gasteiger partial charge in [-0.05, 0) is 98.7 Å². The van der Waals surface area contributed by atoms with Gasteiger partial charge >= 0.3 is 5.97 Å². The first-order valence-corrected chi connectivity index (χ1v) is 17.7. The largest absolute Gasteiger partial charge is 0.491 e. The van der Waals surface area contributed by atoms with Gasteiger partial charge in [-0.1, -0.05) is 56.4 Å². The molecule has 1 aromatic carbocycles. The highest BCUT2D eigenvalue weighted by Crippen LogP contribution is 2.38. The number of piperidine rings is 1. The summed E-state index contributed by atoms with van der Waals surface area (Å²) in [5.74, 6) is -1.27. The third kappa shape index (κ3) is 7.68. The molecule has 1 fully saturated rings. The summed E-state index contributed by atoms with van der Waals surface area (Å²) in [7, 11) is 0. The Morgan fingerprint density at radius 1 is 1.10 bits per heavy atom. The molecule has 3 aromatic heterocycles. The van der Waals surface area contributed by atoms with Gasteiger partial charge in [0.15, 0.2) is 10.8 Å². The summed E-state index contributed by atoms with van der Waals surface area (Å²) in [6.07, 6.45) is 6.60. The van der Waals surface area contributed by atoms with Crippen molar-refractivity contribution >= 4 is 33.6 Å². The standard InChI is InChI=1S/C37H44FN5O4S/c1-5-47-36(46)24-12-15-43(16-13-24)17-14-30(23-8-6-22(7-9-23)26-19-28(38)32(44)39-21-26)40-33(45)35-42-31-20-25-18-27(37(2,3)4)10-11-29(25)41-34(31)48-35/h6-9,19-21,24,27,30H,5,10-18H2,1-4H3,(H,39,44)(H,40,45)/t27-,30?/m0/s1. The van der Waals surface area contributed by atoms with Crippen LogP contribution in [0.25, 0.3) is 21.5 Å². The van der Waals surface area contributed by atoms with Crippen molar-refractivity contribution in [3.63, 3.8) is 0 Å². The number of likely N-dealkylation sites (tertiary alicyclic amines) is 1. The highest BCUT2D eigenvalue weighted by atomic mass is 32.1. The maximum absolute atomic E-state index is 14.0. The fourth-order valence-corrected chi connectivity index (χ4v) is 7.70. The van der Waals surface area contributed by atoms with Crippen LogP contribution in [0, 0.1) is 23.1 Å². The molecule has 2 atom stereocenters. The van der Waals surface area contributed by atoms with E-state index in [2.05, 4.69) is 42.0 Å². The summed E-state index contributed by atoms with van der Waals surface area (Å²) in [5.41, 5.74) is 5.53. The number of carbonyl (C=O) groups is 2. The summed E-state index contributed by atoms with van der Waals surface area (Å²) >= 11 is 1.33. The Kier molecular flexibility index (Phi) is 10.1. The number of nitrogens with one attached hydrogen (secondary N) is 1. The lowest BCUT2D eigenvalue weighted by molar-refractivity contribution is -0.149. The van der Waals surface area contributed by atoms with Crippen LogP contribution in [0.3, 0.4) is 0 Å². The molecule has 1 unspecified atom stereocenters. The Labute approximate surface area is 285 Å². The number of ether oxygens (including phenoxy) is 1. The third-order valence-electron chi connectivity index (χ3n) is 9.88. The molecule has 9 nitrogen and oxygen atoms in total. The van der Waals surface area contributed by atoms with E-state index in [1.54, 1.807) is 0 Å². The molecule has 1 aliphatic heterocycles. The van der Waals surface area contributed by atoms with Crippen LogP contribution >= 0.6 is 11.3 Å². The zero-order valence-electron chi connectivity index (χ0n) is 28.1. The quantitative estimate of drug-likeness (QED) is 0.185. The zero-order chi connectivity index (χ0) is 34.0. The van der Waals surface area contributed by atoms with Crippen LogP contribution in [-0.4, -0.2) is 63.1 Å². The molecule has 1 aliphatic carbocycles. The number of esters is 1. The number of hydrogen-bond acceptors (Lipinski definition) is 9. The Hall–Kier alpha value is -3.96. The van der Waals surface area contributed by atoms with Gasteiger partial charge in [0.2, 0.25) is 5.88 Å². The lowest BCUT2D eigenvalue weighted by Crippen LogP contribution is -2.39. The summed E-state index contributed by atoms with van der Waals surface area (Å²) < 4.78 is 19.2. The maximum atomic E-state index is 14.0. The number of thiazole rings is 1. The lowest BCUT2D eigenvalue weighted by atomic mass is 9.71. The van der Waals surface area contributed by atoms with E-state index in [0.717, 1.165) is 78.9 Å². The Bertz CT molecular complexity index is 1780. The Morgan fingerprint density at radius 3 is 2.54 bits per heavy atom. The second-order valence-electron chi connectivity index (χ2n) is 14.1. The van der Waals surface area contributed by atoms with Gasteiger partial charge in [0.05, 0.1) is 18.6 Å². The number of nitrogens with zero attached hydrogens (tertiary/aromatic N) is 4. The molecule has 1 saturated heterocycles. The van der Waals surface area contributed by atoms with E-state index in [-0.39, 0.29) is 29.3 Å². The van der Waals surface area contributed by atoms with Gasteiger partial charge < -0.3 is 20.1 Å². The van der Waals surface area contributed by atoms with Gasteiger partial charge in [-0.15, -0.1) is 0 Å². The van der Waals surface area contributed by atoms with E-state index < -0.39 is 11.7 Å². The van der Waals surface area contributed by atoms with Gasteiger partial charge in [-0.2, -0.15) is 0 Å². The molecule has 4 heterocycles. The number of carbonyl (C=O) groups excluding carboxylic acids is 2. The number of fused-ring (bicyclic) bond motifs is 2. The van der Waals surface area contributed by atoms with Crippen LogP contribution in [0.2, 0.25) is 0 Å². The first-order valence-electron chi connectivity index (χ1n) is 16.9. The average Bonchev–Trinajstić information content (AvgIpc) is 3.49. The van der Waals surface area contributed by atoms with Crippen molar-refractivity contribution in [1.29, 1.82) is 0 Å². The second-order valence-corrected chi connectivity index (χ2v) is 15.1. The topological polar surface area (TPSA) is 118 Å². The maximum Gasteiger partial charge on any atom is 0.309 e. The van der Waals surface area contributed by atoms with Crippen molar-refractivity contribution in [3.05, 3.63) is 70.2 Å². The van der Waals surface area contributed by atoms with Crippen LogP contribution in [0.5, 0.6) is 5.88 Å². The van der Waals surface area contributed by atoms with E-state index in [4.69, 9.17) is 14.7 Å². The van der Waals surface area contributed by atoms with Crippen LogP contribution in [0.1, 0.15) is 86.0 Å². The van der Waals surface area contributed by atoms with E-state index >= 15 is 0 Å². The van der Waals surface area contributed by atoms with Crippen molar-refractivity contribution in [2.75, 3.05) is 26.2 Å². The van der Waals surface area contributed by atoms with Crippen molar-refractivity contribution in [2.24, 2.45) is 17.3 Å². The van der Waals surface area contributed by atoms with Crippen molar-refractivity contribution in [3.8, 4) is 17.0 Å². The molecule has 254 valence electrons. The summed E-state index contributed by atoms with van der Waals surface area (Å²) in [5, 5.41) is 13.1. The van der Waals surface area contributed by atoms with Crippen LogP contribution < -0.4 is 5.32 Å². The van der Waals surface area contributed by atoms with E-state index in [0.29, 0.717) is 29.5 Å². The predicted molar refractivity (Wildman–Crippen MR) is 184 cm³/mol. The van der Waals surface area contributed by atoms with Crippen molar-refractivity contribution in [1.82, 2.24) is 25.2 Å². The fraction of sp³-hybridized carbons (Fsp3) is 0.486. The van der Waals surface area contributed by atoms with Gasteiger partial charge in [0.25, 0.3) is 5.91 Å². The molecule has 48 heavy (non-hydrogen) atoms. The van der Waals surface area contributed by atoms with Crippen molar-refractivity contribution in [2.45, 2.75) is 72.3 Å². The highest BCUT2D eigenvalue weighted by molar-refractivity contribution is 7.19. The predicted octanol–water partition coefficient (Wildman–Crippen LogP) is 6.89. The minimum absolute atomic E-state index is 0.0684. The van der Waals surface area contributed by atoms with Gasteiger partial charge in [-0.25, -0.2) is 19.3 Å². The number of aromatic nitrogens is 3. The van der Waals surface area contributed by atoms with Gasteiger partial charge in [-0.3, -0.25) is 9.59 Å². The number of hydrogen-bond donors (Lipinski definition) is 2. The molecule has 0 radical (unpaired) electrons. The van der Waals surface area contributed by atoms with Crippen LogP contribution in [-0.2, 0) is 22.4 Å². The van der Waals surface area contributed by atoms with Gasteiger partial charge in [0, 0.05) is 24.0 Å². The first-order chi connectivity index (χ1) is 23.0. The third-order valence-corrected chi connectivity index (χ3v) is 10.8.